The van der Waals surface area contributed by atoms with Crippen LogP contribution in [0.1, 0.15) is 20.1 Å². The molecule has 1 aromatic rings. The molecular weight excluding hydrogens is 348 g/mol. The molecule has 5 N–H and O–H groups in total. The summed E-state index contributed by atoms with van der Waals surface area (Å²) in [5.41, 5.74) is 4.62. The molecule has 2 rings (SSSR count). The third kappa shape index (κ3) is 4.18. The highest BCUT2D eigenvalue weighted by Gasteiger charge is 2.48. The second-order valence-corrected chi connectivity index (χ2v) is 6.26. The average Bonchev–Trinajstić information content (AvgIpc) is 2.87. The summed E-state index contributed by atoms with van der Waals surface area (Å²) in [6.45, 7) is 3.83. The van der Waals surface area contributed by atoms with Crippen molar-refractivity contribution in [3.63, 3.8) is 0 Å². The summed E-state index contributed by atoms with van der Waals surface area (Å²) < 4.78 is 11.0. The first-order valence-electron chi connectivity index (χ1n) is 7.98. The highest BCUT2D eigenvalue weighted by molar-refractivity contribution is 5.82. The van der Waals surface area contributed by atoms with Crippen LogP contribution < -0.4 is 16.7 Å². The van der Waals surface area contributed by atoms with E-state index < -0.39 is 42.2 Å². The van der Waals surface area contributed by atoms with Gasteiger partial charge >= 0.3 is 5.69 Å². The van der Waals surface area contributed by atoms with Crippen LogP contribution in [-0.2, 0) is 19.1 Å². The Morgan fingerprint density at radius 1 is 1.50 bits per heavy atom. The van der Waals surface area contributed by atoms with Crippen molar-refractivity contribution in [3.8, 4) is 0 Å². The Hall–Kier alpha value is -2.50. The number of aliphatic hydroxyl groups excluding tert-OH is 2. The molecule has 1 aromatic heterocycles. The predicted octanol–water partition coefficient (Wildman–Crippen LogP) is -2.24. The summed E-state index contributed by atoms with van der Waals surface area (Å²) in [5.74, 6) is -0.783. The van der Waals surface area contributed by atoms with Crippen molar-refractivity contribution in [2.45, 2.75) is 44.4 Å². The molecule has 1 fully saturated rings. The molecule has 0 unspecified atom stereocenters. The maximum atomic E-state index is 12.4. The van der Waals surface area contributed by atoms with E-state index in [2.05, 4.69) is 15.0 Å². The lowest BCUT2D eigenvalue weighted by Crippen LogP contribution is -2.49. The topological polar surface area (TPSA) is 166 Å². The molecule has 1 aliphatic heterocycles. The second kappa shape index (κ2) is 8.25. The summed E-state index contributed by atoms with van der Waals surface area (Å²) >= 11 is 0. The molecule has 11 nitrogen and oxygen atoms in total. The fraction of sp³-hybridized carbons (Fsp3) is 0.600. The molecule has 1 aliphatic rings. The van der Waals surface area contributed by atoms with Crippen LogP contribution in [0.4, 0.5) is 5.82 Å². The Balaban J connectivity index is 2.14. The molecule has 144 valence electrons. The van der Waals surface area contributed by atoms with E-state index in [9.17, 15) is 24.6 Å². The van der Waals surface area contributed by atoms with Gasteiger partial charge in [0.1, 0.15) is 24.6 Å². The molecule has 11 heteroatoms. The van der Waals surface area contributed by atoms with Gasteiger partial charge < -0.3 is 30.7 Å². The number of anilines is 1. The predicted molar refractivity (Wildman–Crippen MR) is 87.6 cm³/mol. The van der Waals surface area contributed by atoms with E-state index in [1.807, 2.05) is 13.8 Å². The van der Waals surface area contributed by atoms with E-state index in [1.165, 1.54) is 12.3 Å². The summed E-state index contributed by atoms with van der Waals surface area (Å²) in [6.07, 6.45) is -4.57. The smallest absolute Gasteiger partial charge is 0.351 e. The van der Waals surface area contributed by atoms with E-state index >= 15 is 0 Å². The number of nitrogen functional groups attached to an aromatic ring is 1. The number of nitrogens with one attached hydrogen (secondary N) is 1. The van der Waals surface area contributed by atoms with Crippen LogP contribution in [-0.4, -0.2) is 63.1 Å². The van der Waals surface area contributed by atoms with Crippen LogP contribution in [0, 0.1) is 5.92 Å². The zero-order chi connectivity index (χ0) is 19.4. The number of amides is 1. The number of nitrogens with two attached hydrogens (primary N) is 1. The number of aliphatic hydroxyl groups is 2. The molecule has 0 aliphatic carbocycles. The number of hydrogen-bond acceptors (Lipinski definition) is 9. The molecule has 0 radical (unpaired) electrons. The summed E-state index contributed by atoms with van der Waals surface area (Å²) in [5, 5.41) is 22.9. The molecule has 0 aromatic carbocycles. The molecule has 0 saturated carbocycles. The number of carbonyl (C=O) groups is 2. The van der Waals surface area contributed by atoms with Crippen molar-refractivity contribution >= 4 is 18.2 Å². The third-order valence-electron chi connectivity index (χ3n) is 4.10. The normalized spacial score (nSPS) is 26.5. The van der Waals surface area contributed by atoms with Crippen LogP contribution in [0.15, 0.2) is 17.1 Å². The lowest BCUT2D eigenvalue weighted by Gasteiger charge is -2.23. The van der Waals surface area contributed by atoms with Crippen LogP contribution in [0.25, 0.3) is 0 Å². The highest BCUT2D eigenvalue weighted by Crippen LogP contribution is 2.28. The van der Waals surface area contributed by atoms with Gasteiger partial charge in [0.2, 0.25) is 0 Å². The molecule has 0 spiro atoms. The fourth-order valence-electron chi connectivity index (χ4n) is 2.53. The third-order valence-corrected chi connectivity index (χ3v) is 4.10. The average molecular weight is 370 g/mol. The lowest BCUT2D eigenvalue weighted by atomic mass is 10.0. The highest BCUT2D eigenvalue weighted by atomic mass is 16.6. The summed E-state index contributed by atoms with van der Waals surface area (Å²) in [4.78, 5) is 38.2. The molecule has 0 bridgehead atoms. The Kier molecular flexibility index (Phi) is 6.29. The molecular formula is C15H22N4O7. The van der Waals surface area contributed by atoms with Crippen molar-refractivity contribution in [2.24, 2.45) is 5.92 Å². The Labute approximate surface area is 148 Å². The van der Waals surface area contributed by atoms with Crippen molar-refractivity contribution in [1.82, 2.24) is 14.9 Å². The molecule has 1 amide bonds. The van der Waals surface area contributed by atoms with Crippen molar-refractivity contribution < 1.29 is 29.3 Å². The van der Waals surface area contributed by atoms with Crippen LogP contribution in [0.5, 0.6) is 0 Å². The van der Waals surface area contributed by atoms with Gasteiger partial charge in [0.15, 0.2) is 12.3 Å². The van der Waals surface area contributed by atoms with Gasteiger partial charge in [-0.1, -0.05) is 13.8 Å². The number of carbonyl (C=O) groups excluding carboxylic acids is 2. The van der Waals surface area contributed by atoms with Crippen molar-refractivity contribution in [2.75, 3.05) is 12.3 Å². The van der Waals surface area contributed by atoms with E-state index in [-0.39, 0.29) is 24.8 Å². The van der Waals surface area contributed by atoms with E-state index in [4.69, 9.17) is 10.5 Å². The van der Waals surface area contributed by atoms with Gasteiger partial charge in [-0.05, 0) is 12.0 Å². The molecule has 2 heterocycles. The quantitative estimate of drug-likeness (QED) is 0.388. The SMILES string of the molecule is CC(C)[C@H](COC=O)NC(=O)[C@H]1O[C@@H](n2ccc(N)nc2=O)[C@H](O)[C@@H]1O. The summed E-state index contributed by atoms with van der Waals surface area (Å²) in [7, 11) is 0. The number of nitrogens with zero attached hydrogens (tertiary/aromatic N) is 2. The fourth-order valence-corrected chi connectivity index (χ4v) is 2.53. The zero-order valence-corrected chi connectivity index (χ0v) is 14.3. The first-order chi connectivity index (χ1) is 12.3. The minimum absolute atomic E-state index is 0.0106. The standard InChI is InChI=1S/C15H22N4O7/c1-7(2)8(5-25-6-20)17-13(23)12-10(21)11(22)14(26-12)19-4-3-9(16)18-15(19)24/h3-4,6-8,10-12,14,21-22H,5H2,1-2H3,(H,17,23)(H2,16,18,24)/t8-,10-,11+,12-,14+/m0/s1. The first kappa shape index (κ1) is 19.8. The van der Waals surface area contributed by atoms with Gasteiger partial charge in [-0.3, -0.25) is 14.2 Å². The maximum Gasteiger partial charge on any atom is 0.351 e. The van der Waals surface area contributed by atoms with Crippen molar-refractivity contribution in [1.29, 1.82) is 0 Å². The van der Waals surface area contributed by atoms with E-state index in [0.29, 0.717) is 0 Å². The Morgan fingerprint density at radius 3 is 2.77 bits per heavy atom. The van der Waals surface area contributed by atoms with Gasteiger partial charge in [-0.25, -0.2) is 4.79 Å². The van der Waals surface area contributed by atoms with Gasteiger partial charge in [0.05, 0.1) is 6.04 Å². The number of rotatable bonds is 7. The van der Waals surface area contributed by atoms with Crippen LogP contribution in [0.2, 0.25) is 0 Å². The second-order valence-electron chi connectivity index (χ2n) is 6.26. The number of ether oxygens (including phenoxy) is 2. The minimum Gasteiger partial charge on any atom is -0.466 e. The number of hydrogen-bond donors (Lipinski definition) is 4. The molecule has 5 atom stereocenters. The zero-order valence-electron chi connectivity index (χ0n) is 14.3. The van der Waals surface area contributed by atoms with E-state index in [0.717, 1.165) is 4.57 Å². The van der Waals surface area contributed by atoms with Gasteiger partial charge in [-0.15, -0.1) is 0 Å². The Morgan fingerprint density at radius 2 is 2.19 bits per heavy atom. The molecule has 26 heavy (non-hydrogen) atoms. The minimum atomic E-state index is -1.57. The van der Waals surface area contributed by atoms with Gasteiger partial charge in [0, 0.05) is 6.20 Å². The Bertz CT molecular complexity index is 707. The van der Waals surface area contributed by atoms with Crippen LogP contribution in [0.3, 0.4) is 0 Å². The first-order valence-corrected chi connectivity index (χ1v) is 7.98. The van der Waals surface area contributed by atoms with Crippen LogP contribution >= 0.6 is 0 Å². The molecule has 1 saturated heterocycles. The number of aromatic nitrogens is 2. The lowest BCUT2D eigenvalue weighted by molar-refractivity contribution is -0.141. The monoisotopic (exact) mass is 370 g/mol. The largest absolute Gasteiger partial charge is 0.466 e. The van der Waals surface area contributed by atoms with Crippen molar-refractivity contribution in [3.05, 3.63) is 22.7 Å². The van der Waals surface area contributed by atoms with Gasteiger partial charge in [0.25, 0.3) is 12.4 Å². The summed E-state index contributed by atoms with van der Waals surface area (Å²) in [6, 6.07) is 0.809. The maximum absolute atomic E-state index is 12.4. The van der Waals surface area contributed by atoms with Gasteiger partial charge in [-0.2, -0.15) is 4.98 Å². The van der Waals surface area contributed by atoms with E-state index in [1.54, 1.807) is 0 Å².